The van der Waals surface area contributed by atoms with Gasteiger partial charge in [0, 0.05) is 12.6 Å². The van der Waals surface area contributed by atoms with Crippen LogP contribution in [0.15, 0.2) is 42.6 Å². The molecule has 0 saturated carbocycles. The molecule has 1 aromatic carbocycles. The van der Waals surface area contributed by atoms with E-state index in [1.807, 2.05) is 18.2 Å². The molecule has 1 fully saturated rings. The molecule has 5 atom stereocenters. The molecule has 34 heavy (non-hydrogen) atoms. The van der Waals surface area contributed by atoms with Crippen LogP contribution in [0.2, 0.25) is 0 Å². The standard InChI is InChI=1S/C22H29FN3O5PS2/c1-14(2)29-19(27)15(3)25-32(31-16-8-6-5-7-9-16)28-13-17-12-22(4,23)20(30-17)26-11-10-18(33)24-21(26)34/h5-11,14-15,17,20,25H,12-13H2,1-4H3,(H,24,33,34). The molecular formula is C22H29FN3O5PS2. The van der Waals surface area contributed by atoms with Crippen molar-refractivity contribution in [1.82, 2.24) is 14.6 Å². The van der Waals surface area contributed by atoms with Crippen molar-refractivity contribution >= 4 is 38.9 Å². The van der Waals surface area contributed by atoms with E-state index >= 15 is 4.39 Å². The number of H-pyrrole nitrogens is 1. The summed E-state index contributed by atoms with van der Waals surface area (Å²) in [5.74, 6) is 0.143. The Morgan fingerprint density at radius 3 is 2.68 bits per heavy atom. The van der Waals surface area contributed by atoms with E-state index < -0.39 is 38.5 Å². The molecule has 186 valence electrons. The molecule has 0 bridgehead atoms. The summed E-state index contributed by atoms with van der Waals surface area (Å²) >= 11 is 10.4. The van der Waals surface area contributed by atoms with Gasteiger partial charge in [-0.1, -0.05) is 30.4 Å². The van der Waals surface area contributed by atoms with E-state index in [4.69, 9.17) is 43.0 Å². The van der Waals surface area contributed by atoms with Crippen molar-refractivity contribution in [1.29, 1.82) is 0 Å². The Kier molecular flexibility index (Phi) is 9.31. The second kappa shape index (κ2) is 11.8. The van der Waals surface area contributed by atoms with Crippen LogP contribution in [-0.2, 0) is 18.8 Å². The number of alkyl halides is 1. The highest BCUT2D eigenvalue weighted by Crippen LogP contribution is 2.43. The Hall–Kier alpha value is -1.75. The van der Waals surface area contributed by atoms with Crippen LogP contribution >= 0.6 is 33.0 Å². The Balaban J connectivity index is 1.68. The summed E-state index contributed by atoms with van der Waals surface area (Å²) < 4.78 is 40.8. The maximum atomic E-state index is 15.4. The fraction of sp³-hybridized carbons (Fsp3) is 0.500. The largest absolute Gasteiger partial charge is 0.462 e. The average Bonchev–Trinajstić information content (AvgIpc) is 3.06. The highest BCUT2D eigenvalue weighted by molar-refractivity contribution is 7.72. The molecule has 3 rings (SSSR count). The van der Waals surface area contributed by atoms with E-state index in [-0.39, 0.29) is 23.9 Å². The van der Waals surface area contributed by atoms with Gasteiger partial charge in [0.05, 0.1) is 18.8 Å². The van der Waals surface area contributed by atoms with Gasteiger partial charge in [-0.2, -0.15) is 0 Å². The van der Waals surface area contributed by atoms with Crippen molar-refractivity contribution in [3.63, 3.8) is 0 Å². The summed E-state index contributed by atoms with van der Waals surface area (Å²) in [5.41, 5.74) is -1.69. The molecule has 0 aliphatic carbocycles. The fourth-order valence-corrected chi connectivity index (χ4v) is 5.05. The first-order valence-electron chi connectivity index (χ1n) is 10.8. The van der Waals surface area contributed by atoms with Crippen LogP contribution < -0.4 is 9.61 Å². The third kappa shape index (κ3) is 7.37. The number of aromatic nitrogens is 2. The van der Waals surface area contributed by atoms with E-state index in [2.05, 4.69) is 10.1 Å². The SMILES string of the molecule is CC(C)OC(=O)C(C)NP(OCC1CC(C)(F)C(n2ccc(=S)[nH]c2=S)O1)Oc1ccccc1. The molecule has 0 radical (unpaired) electrons. The number of ether oxygens (including phenoxy) is 2. The number of rotatable bonds is 10. The van der Waals surface area contributed by atoms with Gasteiger partial charge >= 0.3 is 14.5 Å². The lowest BCUT2D eigenvalue weighted by molar-refractivity contribution is -0.149. The number of para-hydroxylation sites is 1. The maximum absolute atomic E-state index is 15.4. The van der Waals surface area contributed by atoms with Crippen LogP contribution in [0.25, 0.3) is 0 Å². The predicted octanol–water partition coefficient (Wildman–Crippen LogP) is 5.54. The average molecular weight is 530 g/mol. The number of hydrogen-bond donors (Lipinski definition) is 2. The van der Waals surface area contributed by atoms with E-state index in [1.165, 1.54) is 11.5 Å². The molecule has 2 N–H and O–H groups in total. The lowest BCUT2D eigenvalue weighted by atomic mass is 10.0. The van der Waals surface area contributed by atoms with Crippen molar-refractivity contribution in [3.05, 3.63) is 52.0 Å². The summed E-state index contributed by atoms with van der Waals surface area (Å²) in [6.07, 6.45) is -0.0383. The number of halogens is 1. The van der Waals surface area contributed by atoms with Crippen molar-refractivity contribution in [2.75, 3.05) is 6.61 Å². The van der Waals surface area contributed by atoms with E-state index in [1.54, 1.807) is 45.2 Å². The lowest BCUT2D eigenvalue weighted by Crippen LogP contribution is -2.35. The van der Waals surface area contributed by atoms with Gasteiger partial charge < -0.3 is 23.5 Å². The lowest BCUT2D eigenvalue weighted by Gasteiger charge is -2.24. The third-order valence-corrected chi connectivity index (χ3v) is 6.79. The quantitative estimate of drug-likeness (QED) is 0.236. The van der Waals surface area contributed by atoms with Gasteiger partial charge in [-0.15, -0.1) is 0 Å². The number of nitrogens with one attached hydrogen (secondary N) is 2. The zero-order chi connectivity index (χ0) is 24.9. The first-order valence-corrected chi connectivity index (χ1v) is 12.8. The first kappa shape index (κ1) is 26.8. The number of nitrogens with zero attached hydrogens (tertiary/aromatic N) is 1. The van der Waals surface area contributed by atoms with Crippen molar-refractivity contribution in [3.8, 4) is 5.75 Å². The van der Waals surface area contributed by atoms with E-state index in [0.29, 0.717) is 10.4 Å². The second-order valence-corrected chi connectivity index (χ2v) is 10.4. The summed E-state index contributed by atoms with van der Waals surface area (Å²) in [5, 5.41) is 3.03. The zero-order valence-corrected chi connectivity index (χ0v) is 21.9. The number of carbonyl (C=O) groups excluding carboxylic acids is 1. The van der Waals surface area contributed by atoms with Gasteiger partial charge in [-0.3, -0.25) is 9.36 Å². The molecule has 8 nitrogen and oxygen atoms in total. The van der Waals surface area contributed by atoms with Crippen molar-refractivity contribution in [2.45, 2.75) is 64.3 Å². The van der Waals surface area contributed by atoms with Crippen LogP contribution in [0.3, 0.4) is 0 Å². The van der Waals surface area contributed by atoms with Gasteiger partial charge in [0.1, 0.15) is 16.4 Å². The van der Waals surface area contributed by atoms with Gasteiger partial charge in [0.15, 0.2) is 16.7 Å². The highest BCUT2D eigenvalue weighted by Gasteiger charge is 2.47. The summed E-state index contributed by atoms with van der Waals surface area (Å²) in [6.45, 7) is 6.73. The number of aromatic amines is 1. The predicted molar refractivity (Wildman–Crippen MR) is 132 cm³/mol. The fourth-order valence-electron chi connectivity index (χ4n) is 3.35. The van der Waals surface area contributed by atoms with Crippen LogP contribution in [0.4, 0.5) is 4.39 Å². The highest BCUT2D eigenvalue weighted by atomic mass is 32.1. The minimum absolute atomic E-state index is 0.0453. The minimum Gasteiger partial charge on any atom is -0.462 e. The smallest absolute Gasteiger partial charge is 0.323 e. The number of carbonyl (C=O) groups is 1. The van der Waals surface area contributed by atoms with E-state index in [9.17, 15) is 4.79 Å². The number of esters is 1. The van der Waals surface area contributed by atoms with Gasteiger partial charge in [0.25, 0.3) is 0 Å². The molecule has 1 saturated heterocycles. The molecule has 0 spiro atoms. The van der Waals surface area contributed by atoms with Crippen LogP contribution in [0.1, 0.15) is 40.3 Å². The van der Waals surface area contributed by atoms with Gasteiger partial charge in [-0.05, 0) is 58.1 Å². The Bertz CT molecular complexity index is 1080. The van der Waals surface area contributed by atoms with Crippen LogP contribution in [0.5, 0.6) is 5.75 Å². The van der Waals surface area contributed by atoms with Gasteiger partial charge in [-0.25, -0.2) is 9.48 Å². The van der Waals surface area contributed by atoms with E-state index in [0.717, 1.165) is 0 Å². The molecule has 1 aliphatic rings. The van der Waals surface area contributed by atoms with Gasteiger partial charge in [0.2, 0.25) is 0 Å². The van der Waals surface area contributed by atoms with Crippen LogP contribution in [-0.4, -0.2) is 46.0 Å². The van der Waals surface area contributed by atoms with Crippen molar-refractivity contribution < 1.29 is 27.7 Å². The van der Waals surface area contributed by atoms with Crippen LogP contribution in [0, 0.1) is 9.41 Å². The topological polar surface area (TPSA) is 86.7 Å². The Morgan fingerprint density at radius 1 is 1.32 bits per heavy atom. The number of benzene rings is 1. The summed E-state index contributed by atoms with van der Waals surface area (Å²) in [7, 11) is -1.76. The zero-order valence-electron chi connectivity index (χ0n) is 19.4. The normalized spacial score (nSPS) is 24.1. The second-order valence-electron chi connectivity index (χ2n) is 8.40. The summed E-state index contributed by atoms with van der Waals surface area (Å²) in [6, 6.07) is 10.0. The molecular weight excluding hydrogens is 500 g/mol. The molecule has 12 heteroatoms. The third-order valence-electron chi connectivity index (χ3n) is 4.88. The minimum atomic E-state index is -1.76. The summed E-state index contributed by atoms with van der Waals surface area (Å²) in [4.78, 5) is 15.1. The Labute approximate surface area is 209 Å². The molecule has 0 amide bonds. The molecule has 2 aromatic rings. The monoisotopic (exact) mass is 529 g/mol. The maximum Gasteiger partial charge on any atom is 0.323 e. The Morgan fingerprint density at radius 2 is 2.03 bits per heavy atom. The molecule has 1 aromatic heterocycles. The first-order chi connectivity index (χ1) is 16.0. The molecule has 2 heterocycles. The number of hydrogen-bond acceptors (Lipinski definition) is 8. The van der Waals surface area contributed by atoms with Crippen molar-refractivity contribution in [2.24, 2.45) is 0 Å². The molecule has 1 aliphatic heterocycles. The molecule has 5 unspecified atom stereocenters.